The predicted molar refractivity (Wildman–Crippen MR) is 67.8 cm³/mol. The molecule has 1 saturated carbocycles. The zero-order valence-electron chi connectivity index (χ0n) is 10.3. The Balaban J connectivity index is 1.72. The Hall–Kier alpha value is -1.38. The highest BCUT2D eigenvalue weighted by Gasteiger charge is 2.23. The molecular formula is C14H19N3. The zero-order chi connectivity index (χ0) is 11.7. The van der Waals surface area contributed by atoms with Crippen molar-refractivity contribution in [3.8, 4) is 0 Å². The van der Waals surface area contributed by atoms with Crippen molar-refractivity contribution in [3.63, 3.8) is 0 Å². The maximum Gasteiger partial charge on any atom is 0.154 e. The summed E-state index contributed by atoms with van der Waals surface area (Å²) in [5, 5.41) is 4.24. The van der Waals surface area contributed by atoms with Crippen LogP contribution in [0, 0.1) is 11.8 Å². The summed E-state index contributed by atoms with van der Waals surface area (Å²) < 4.78 is 1.88. The van der Waals surface area contributed by atoms with E-state index in [1.165, 1.54) is 37.7 Å². The summed E-state index contributed by atoms with van der Waals surface area (Å²) in [7, 11) is 0. The van der Waals surface area contributed by atoms with Crippen LogP contribution in [0.5, 0.6) is 0 Å². The lowest BCUT2D eigenvalue weighted by molar-refractivity contribution is 0.478. The van der Waals surface area contributed by atoms with E-state index in [0.717, 1.165) is 17.5 Å². The molecular weight excluding hydrogens is 210 g/mol. The SMILES string of the molecule is CCC1CCC(Cc2cnc3ccnn3c2)C1. The van der Waals surface area contributed by atoms with E-state index in [2.05, 4.69) is 23.2 Å². The van der Waals surface area contributed by atoms with Gasteiger partial charge >= 0.3 is 0 Å². The van der Waals surface area contributed by atoms with Gasteiger partial charge in [-0.15, -0.1) is 0 Å². The average molecular weight is 229 g/mol. The highest BCUT2D eigenvalue weighted by atomic mass is 15.2. The topological polar surface area (TPSA) is 30.2 Å². The molecule has 0 N–H and O–H groups in total. The van der Waals surface area contributed by atoms with Gasteiger partial charge in [0.1, 0.15) is 0 Å². The van der Waals surface area contributed by atoms with Crippen LogP contribution < -0.4 is 0 Å². The minimum Gasteiger partial charge on any atom is -0.237 e. The lowest BCUT2D eigenvalue weighted by atomic mass is 9.97. The molecule has 90 valence electrons. The van der Waals surface area contributed by atoms with Crippen molar-refractivity contribution in [1.29, 1.82) is 0 Å². The van der Waals surface area contributed by atoms with E-state index in [4.69, 9.17) is 0 Å². The number of nitrogens with zero attached hydrogens (tertiary/aromatic N) is 3. The summed E-state index contributed by atoms with van der Waals surface area (Å²) in [5.74, 6) is 1.82. The van der Waals surface area contributed by atoms with Crippen LogP contribution in [0.25, 0.3) is 5.65 Å². The van der Waals surface area contributed by atoms with Gasteiger partial charge in [0.2, 0.25) is 0 Å². The molecule has 2 aromatic heterocycles. The molecule has 2 heterocycles. The van der Waals surface area contributed by atoms with Gasteiger partial charge in [0.05, 0.1) is 6.20 Å². The summed E-state index contributed by atoms with van der Waals surface area (Å²) in [6.07, 6.45) is 12.6. The van der Waals surface area contributed by atoms with Crippen LogP contribution in [-0.2, 0) is 6.42 Å². The Bertz CT molecular complexity index is 503. The molecule has 0 aromatic carbocycles. The highest BCUT2D eigenvalue weighted by molar-refractivity contribution is 5.35. The Morgan fingerprint density at radius 1 is 1.35 bits per heavy atom. The number of hydrogen-bond donors (Lipinski definition) is 0. The summed E-state index contributed by atoms with van der Waals surface area (Å²) in [4.78, 5) is 4.42. The lowest BCUT2D eigenvalue weighted by Crippen LogP contribution is -2.03. The Morgan fingerprint density at radius 3 is 3.06 bits per heavy atom. The Morgan fingerprint density at radius 2 is 2.24 bits per heavy atom. The van der Waals surface area contributed by atoms with E-state index in [-0.39, 0.29) is 0 Å². The predicted octanol–water partition coefficient (Wildman–Crippen LogP) is 3.10. The van der Waals surface area contributed by atoms with Gasteiger partial charge in [0.15, 0.2) is 5.65 Å². The van der Waals surface area contributed by atoms with Gasteiger partial charge in [-0.05, 0) is 36.7 Å². The van der Waals surface area contributed by atoms with E-state index in [9.17, 15) is 0 Å². The quantitative estimate of drug-likeness (QED) is 0.809. The van der Waals surface area contributed by atoms with Crippen molar-refractivity contribution in [2.75, 3.05) is 0 Å². The molecule has 3 heteroatoms. The van der Waals surface area contributed by atoms with Crippen LogP contribution in [0.3, 0.4) is 0 Å². The number of hydrogen-bond acceptors (Lipinski definition) is 2. The molecule has 1 fully saturated rings. The third-order valence-electron chi connectivity index (χ3n) is 4.05. The van der Waals surface area contributed by atoms with Crippen molar-refractivity contribution >= 4 is 5.65 Å². The van der Waals surface area contributed by atoms with Crippen molar-refractivity contribution in [3.05, 3.63) is 30.2 Å². The maximum atomic E-state index is 4.42. The molecule has 0 amide bonds. The van der Waals surface area contributed by atoms with Crippen LogP contribution in [0.1, 0.15) is 38.2 Å². The molecule has 2 atom stereocenters. The molecule has 0 radical (unpaired) electrons. The molecule has 17 heavy (non-hydrogen) atoms. The van der Waals surface area contributed by atoms with Gasteiger partial charge in [0, 0.05) is 18.5 Å². The average Bonchev–Trinajstić information content (AvgIpc) is 2.96. The molecule has 0 bridgehead atoms. The second kappa shape index (κ2) is 4.47. The van der Waals surface area contributed by atoms with Crippen LogP contribution in [0.4, 0.5) is 0 Å². The fourth-order valence-corrected chi connectivity index (χ4v) is 3.02. The van der Waals surface area contributed by atoms with Gasteiger partial charge in [-0.2, -0.15) is 5.10 Å². The minimum absolute atomic E-state index is 0.856. The molecule has 0 saturated heterocycles. The number of rotatable bonds is 3. The zero-order valence-corrected chi connectivity index (χ0v) is 10.3. The summed E-state index contributed by atoms with van der Waals surface area (Å²) in [6.45, 7) is 2.31. The van der Waals surface area contributed by atoms with Crippen LogP contribution in [-0.4, -0.2) is 14.6 Å². The smallest absolute Gasteiger partial charge is 0.154 e. The molecule has 2 unspecified atom stereocenters. The first-order valence-electron chi connectivity index (χ1n) is 6.63. The fraction of sp³-hybridized carbons (Fsp3) is 0.571. The molecule has 3 nitrogen and oxygen atoms in total. The van der Waals surface area contributed by atoms with E-state index in [0.29, 0.717) is 0 Å². The van der Waals surface area contributed by atoms with Gasteiger partial charge in [-0.1, -0.05) is 19.8 Å². The molecule has 1 aliphatic carbocycles. The van der Waals surface area contributed by atoms with E-state index < -0.39 is 0 Å². The third kappa shape index (κ3) is 2.19. The Labute approximate surface area is 102 Å². The minimum atomic E-state index is 0.856. The second-order valence-electron chi connectivity index (χ2n) is 5.25. The van der Waals surface area contributed by atoms with Crippen LogP contribution >= 0.6 is 0 Å². The van der Waals surface area contributed by atoms with Gasteiger partial charge in [0.25, 0.3) is 0 Å². The summed E-state index contributed by atoms with van der Waals surface area (Å²) in [5.41, 5.74) is 2.26. The van der Waals surface area contributed by atoms with Gasteiger partial charge in [-0.25, -0.2) is 9.50 Å². The molecule has 3 rings (SSSR count). The van der Waals surface area contributed by atoms with Crippen molar-refractivity contribution in [1.82, 2.24) is 14.6 Å². The fourth-order valence-electron chi connectivity index (χ4n) is 3.02. The summed E-state index contributed by atoms with van der Waals surface area (Å²) in [6, 6.07) is 1.94. The maximum absolute atomic E-state index is 4.42. The molecule has 2 aromatic rings. The normalized spacial score (nSPS) is 24.5. The first-order chi connectivity index (χ1) is 8.35. The highest BCUT2D eigenvalue weighted by Crippen LogP contribution is 2.34. The van der Waals surface area contributed by atoms with Crippen molar-refractivity contribution in [2.24, 2.45) is 11.8 Å². The standard InChI is InChI=1S/C14H19N3/c1-2-11-3-4-12(7-11)8-13-9-15-14-5-6-16-17(14)10-13/h5-6,9-12H,2-4,7-8H2,1H3. The third-order valence-corrected chi connectivity index (χ3v) is 4.05. The van der Waals surface area contributed by atoms with Crippen LogP contribution in [0.15, 0.2) is 24.7 Å². The van der Waals surface area contributed by atoms with Crippen molar-refractivity contribution in [2.45, 2.75) is 39.0 Å². The number of aromatic nitrogens is 3. The van der Waals surface area contributed by atoms with Crippen LogP contribution in [0.2, 0.25) is 0 Å². The Kier molecular flexibility index (Phi) is 2.83. The van der Waals surface area contributed by atoms with Gasteiger partial charge < -0.3 is 0 Å². The molecule has 0 aliphatic heterocycles. The number of fused-ring (bicyclic) bond motifs is 1. The molecule has 0 spiro atoms. The van der Waals surface area contributed by atoms with Crippen molar-refractivity contribution < 1.29 is 0 Å². The second-order valence-corrected chi connectivity index (χ2v) is 5.25. The van der Waals surface area contributed by atoms with E-state index >= 15 is 0 Å². The first kappa shape index (κ1) is 10.8. The monoisotopic (exact) mass is 229 g/mol. The lowest BCUT2D eigenvalue weighted by Gasteiger charge is -2.10. The largest absolute Gasteiger partial charge is 0.237 e. The molecule has 1 aliphatic rings. The van der Waals surface area contributed by atoms with E-state index in [1.807, 2.05) is 16.8 Å². The van der Waals surface area contributed by atoms with E-state index in [1.54, 1.807) is 6.20 Å². The van der Waals surface area contributed by atoms with Gasteiger partial charge in [-0.3, -0.25) is 0 Å². The first-order valence-corrected chi connectivity index (χ1v) is 6.63. The summed E-state index contributed by atoms with van der Waals surface area (Å²) >= 11 is 0.